The van der Waals surface area contributed by atoms with Crippen LogP contribution < -0.4 is 10.1 Å². The summed E-state index contributed by atoms with van der Waals surface area (Å²) in [7, 11) is 1.74. The molecule has 2 nitrogen and oxygen atoms in total. The van der Waals surface area contributed by atoms with Gasteiger partial charge < -0.3 is 10.1 Å². The maximum Gasteiger partial charge on any atom is 0.119 e. The van der Waals surface area contributed by atoms with Gasteiger partial charge in [-0.15, -0.1) is 0 Å². The second-order valence-electron chi connectivity index (χ2n) is 5.43. The first kappa shape index (κ1) is 11.1. The highest BCUT2D eigenvalue weighted by atomic mass is 16.5. The first-order valence-electron chi connectivity index (χ1n) is 6.74. The Morgan fingerprint density at radius 3 is 2.88 bits per heavy atom. The Kier molecular flexibility index (Phi) is 3.06. The van der Waals surface area contributed by atoms with Gasteiger partial charge >= 0.3 is 0 Å². The minimum atomic E-state index is 0.676. The molecule has 0 saturated heterocycles. The molecule has 17 heavy (non-hydrogen) atoms. The van der Waals surface area contributed by atoms with Gasteiger partial charge in [0.15, 0.2) is 0 Å². The van der Waals surface area contributed by atoms with Gasteiger partial charge in [0.2, 0.25) is 0 Å². The van der Waals surface area contributed by atoms with E-state index in [-0.39, 0.29) is 0 Å². The molecule has 0 heterocycles. The van der Waals surface area contributed by atoms with Gasteiger partial charge in [0, 0.05) is 6.04 Å². The molecular formula is C15H21NO. The summed E-state index contributed by atoms with van der Waals surface area (Å²) >= 11 is 0. The number of methoxy groups -OCH3 is 1. The van der Waals surface area contributed by atoms with E-state index in [1.807, 2.05) is 0 Å². The number of ether oxygens (including phenoxy) is 1. The van der Waals surface area contributed by atoms with Crippen LogP contribution in [0.2, 0.25) is 0 Å². The molecule has 0 aliphatic heterocycles. The van der Waals surface area contributed by atoms with Crippen molar-refractivity contribution in [3.8, 4) is 5.75 Å². The molecule has 1 saturated carbocycles. The first-order valence-corrected chi connectivity index (χ1v) is 6.74. The Bertz CT molecular complexity index is 398. The maximum absolute atomic E-state index is 5.30. The Morgan fingerprint density at radius 1 is 1.24 bits per heavy atom. The van der Waals surface area contributed by atoms with Gasteiger partial charge in [0.1, 0.15) is 5.75 Å². The third kappa shape index (κ3) is 2.63. The van der Waals surface area contributed by atoms with Crippen molar-refractivity contribution in [1.29, 1.82) is 0 Å². The van der Waals surface area contributed by atoms with E-state index in [2.05, 4.69) is 23.5 Å². The topological polar surface area (TPSA) is 21.3 Å². The number of hydrogen-bond donors (Lipinski definition) is 1. The Labute approximate surface area is 103 Å². The van der Waals surface area contributed by atoms with Crippen molar-refractivity contribution < 1.29 is 4.74 Å². The quantitative estimate of drug-likeness (QED) is 0.860. The largest absolute Gasteiger partial charge is 0.497 e. The molecule has 1 fully saturated rings. The smallest absolute Gasteiger partial charge is 0.119 e. The zero-order valence-electron chi connectivity index (χ0n) is 10.5. The highest BCUT2D eigenvalue weighted by Crippen LogP contribution is 2.29. The van der Waals surface area contributed by atoms with Gasteiger partial charge in [-0.25, -0.2) is 0 Å². The zero-order valence-corrected chi connectivity index (χ0v) is 10.5. The predicted octanol–water partition coefficient (Wildman–Crippen LogP) is 2.55. The maximum atomic E-state index is 5.30. The minimum Gasteiger partial charge on any atom is -0.497 e. The molecule has 0 spiro atoms. The van der Waals surface area contributed by atoms with E-state index in [4.69, 9.17) is 4.74 Å². The second-order valence-corrected chi connectivity index (χ2v) is 5.43. The summed E-state index contributed by atoms with van der Waals surface area (Å²) in [5.74, 6) is 1.97. The number of hydrogen-bond acceptors (Lipinski definition) is 2. The van der Waals surface area contributed by atoms with E-state index in [1.165, 1.54) is 49.8 Å². The molecule has 0 amide bonds. The number of rotatable bonds is 4. The van der Waals surface area contributed by atoms with E-state index < -0.39 is 0 Å². The molecule has 1 atom stereocenters. The van der Waals surface area contributed by atoms with Crippen molar-refractivity contribution in [2.24, 2.45) is 5.92 Å². The molecule has 92 valence electrons. The summed E-state index contributed by atoms with van der Waals surface area (Å²) in [4.78, 5) is 0. The molecule has 1 aromatic rings. The summed E-state index contributed by atoms with van der Waals surface area (Å²) in [5.41, 5.74) is 2.99. The molecule has 0 radical (unpaired) electrons. The van der Waals surface area contributed by atoms with Crippen LogP contribution in [-0.4, -0.2) is 19.7 Å². The standard InChI is InChI=1S/C15H21NO/c1-17-15-7-5-12-4-6-14(8-13(12)9-15)16-10-11-2-3-11/h5,7,9,11,14,16H,2-4,6,8,10H2,1H3. The normalized spacial score (nSPS) is 23.2. The van der Waals surface area contributed by atoms with E-state index in [9.17, 15) is 0 Å². The van der Waals surface area contributed by atoms with Gasteiger partial charge in [-0.05, 0) is 67.8 Å². The number of fused-ring (bicyclic) bond motifs is 1. The van der Waals surface area contributed by atoms with Gasteiger partial charge in [0.25, 0.3) is 0 Å². The average molecular weight is 231 g/mol. The number of benzene rings is 1. The van der Waals surface area contributed by atoms with E-state index >= 15 is 0 Å². The Balaban J connectivity index is 1.65. The van der Waals surface area contributed by atoms with E-state index in [0.29, 0.717) is 6.04 Å². The predicted molar refractivity (Wildman–Crippen MR) is 69.5 cm³/mol. The fourth-order valence-corrected chi connectivity index (χ4v) is 2.69. The van der Waals surface area contributed by atoms with Crippen molar-refractivity contribution in [1.82, 2.24) is 5.32 Å². The molecule has 1 aromatic carbocycles. The van der Waals surface area contributed by atoms with Crippen molar-refractivity contribution >= 4 is 0 Å². The third-order valence-corrected chi connectivity index (χ3v) is 4.03. The number of nitrogens with one attached hydrogen (secondary N) is 1. The molecule has 3 rings (SSSR count). The summed E-state index contributed by atoms with van der Waals surface area (Å²) in [6, 6.07) is 7.19. The Morgan fingerprint density at radius 2 is 2.12 bits per heavy atom. The monoisotopic (exact) mass is 231 g/mol. The zero-order chi connectivity index (χ0) is 11.7. The van der Waals surface area contributed by atoms with E-state index in [0.717, 1.165) is 11.7 Å². The van der Waals surface area contributed by atoms with Crippen LogP contribution in [0.25, 0.3) is 0 Å². The molecule has 0 aromatic heterocycles. The lowest BCUT2D eigenvalue weighted by Crippen LogP contribution is -2.35. The van der Waals surface area contributed by atoms with Crippen LogP contribution in [0, 0.1) is 5.92 Å². The molecule has 0 bridgehead atoms. The van der Waals surface area contributed by atoms with Crippen molar-refractivity contribution in [2.75, 3.05) is 13.7 Å². The van der Waals surface area contributed by atoms with Crippen LogP contribution >= 0.6 is 0 Å². The van der Waals surface area contributed by atoms with Crippen molar-refractivity contribution in [2.45, 2.75) is 38.1 Å². The van der Waals surface area contributed by atoms with Gasteiger partial charge in [-0.2, -0.15) is 0 Å². The highest BCUT2D eigenvalue weighted by Gasteiger charge is 2.24. The summed E-state index contributed by atoms with van der Waals surface area (Å²) in [5, 5.41) is 3.72. The van der Waals surface area contributed by atoms with E-state index in [1.54, 1.807) is 7.11 Å². The van der Waals surface area contributed by atoms with Crippen molar-refractivity contribution in [3.63, 3.8) is 0 Å². The lowest BCUT2D eigenvalue weighted by molar-refractivity contribution is 0.410. The summed E-state index contributed by atoms with van der Waals surface area (Å²) in [6.07, 6.45) is 6.53. The second kappa shape index (κ2) is 4.69. The van der Waals surface area contributed by atoms with Crippen LogP contribution in [0.1, 0.15) is 30.4 Å². The van der Waals surface area contributed by atoms with Crippen LogP contribution in [0.3, 0.4) is 0 Å². The molecule has 2 heteroatoms. The summed E-state index contributed by atoms with van der Waals surface area (Å²) in [6.45, 7) is 1.23. The summed E-state index contributed by atoms with van der Waals surface area (Å²) < 4.78 is 5.30. The average Bonchev–Trinajstić information content (AvgIpc) is 3.19. The fraction of sp³-hybridized carbons (Fsp3) is 0.600. The van der Waals surface area contributed by atoms with Gasteiger partial charge in [-0.1, -0.05) is 6.07 Å². The van der Waals surface area contributed by atoms with Crippen LogP contribution in [0.15, 0.2) is 18.2 Å². The molecule has 2 aliphatic carbocycles. The molecule has 1 unspecified atom stereocenters. The minimum absolute atomic E-state index is 0.676. The molecule has 1 N–H and O–H groups in total. The molecular weight excluding hydrogens is 210 g/mol. The SMILES string of the molecule is COc1ccc2c(c1)CC(NCC1CC1)CC2. The Hall–Kier alpha value is -1.02. The van der Waals surface area contributed by atoms with Crippen LogP contribution in [0.5, 0.6) is 5.75 Å². The fourth-order valence-electron chi connectivity index (χ4n) is 2.69. The lowest BCUT2D eigenvalue weighted by Gasteiger charge is -2.26. The third-order valence-electron chi connectivity index (χ3n) is 4.03. The first-order chi connectivity index (χ1) is 8.35. The van der Waals surface area contributed by atoms with Crippen molar-refractivity contribution in [3.05, 3.63) is 29.3 Å². The van der Waals surface area contributed by atoms with Gasteiger partial charge in [-0.3, -0.25) is 0 Å². The van der Waals surface area contributed by atoms with Gasteiger partial charge in [0.05, 0.1) is 7.11 Å². The number of aryl methyl sites for hydroxylation is 1. The lowest BCUT2D eigenvalue weighted by atomic mass is 9.88. The van der Waals surface area contributed by atoms with Crippen LogP contribution in [0.4, 0.5) is 0 Å². The molecule has 2 aliphatic rings. The van der Waals surface area contributed by atoms with Crippen LogP contribution in [-0.2, 0) is 12.8 Å². The highest BCUT2D eigenvalue weighted by molar-refractivity contribution is 5.37.